The summed E-state index contributed by atoms with van der Waals surface area (Å²) in [7, 11) is -4.20. The van der Waals surface area contributed by atoms with Gasteiger partial charge in [0.2, 0.25) is 0 Å². The molecule has 2 aromatic carbocycles. The van der Waals surface area contributed by atoms with Gasteiger partial charge in [0.25, 0.3) is 15.7 Å². The molecule has 0 N–H and O–H groups in total. The number of halogens is 2. The lowest BCUT2D eigenvalue weighted by atomic mass is 10.1. The summed E-state index contributed by atoms with van der Waals surface area (Å²) in [6, 6.07) is 3.93. The van der Waals surface area contributed by atoms with Crippen LogP contribution in [0.3, 0.4) is 0 Å². The van der Waals surface area contributed by atoms with Crippen LogP contribution >= 0.6 is 0 Å². The Morgan fingerprint density at radius 1 is 1.16 bits per heavy atom. The van der Waals surface area contributed by atoms with E-state index in [4.69, 9.17) is 0 Å². The summed E-state index contributed by atoms with van der Waals surface area (Å²) in [6.45, 7) is 3.05. The Morgan fingerprint density at radius 3 is 2.48 bits per heavy atom. The fourth-order valence-electron chi connectivity index (χ4n) is 2.94. The zero-order valence-corrected chi connectivity index (χ0v) is 14.2. The lowest BCUT2D eigenvalue weighted by molar-refractivity contribution is -0.385. The highest BCUT2D eigenvalue weighted by Crippen LogP contribution is 2.37. The van der Waals surface area contributed by atoms with Crippen LogP contribution in [0.1, 0.15) is 16.7 Å². The minimum atomic E-state index is -4.20. The summed E-state index contributed by atoms with van der Waals surface area (Å²) in [5, 5.41) is 11.1. The number of anilines is 1. The van der Waals surface area contributed by atoms with Crippen molar-refractivity contribution in [3.8, 4) is 0 Å². The van der Waals surface area contributed by atoms with Crippen molar-refractivity contribution < 1.29 is 22.1 Å². The van der Waals surface area contributed by atoms with Gasteiger partial charge in [-0.1, -0.05) is 0 Å². The quantitative estimate of drug-likeness (QED) is 0.615. The van der Waals surface area contributed by atoms with Gasteiger partial charge in [0.15, 0.2) is 0 Å². The lowest BCUT2D eigenvalue weighted by Gasteiger charge is -2.21. The number of rotatable bonds is 3. The van der Waals surface area contributed by atoms with Crippen molar-refractivity contribution in [1.82, 2.24) is 0 Å². The van der Waals surface area contributed by atoms with Crippen molar-refractivity contribution in [3.63, 3.8) is 0 Å². The molecular formula is C16H14F2N2O4S. The highest BCUT2D eigenvalue weighted by atomic mass is 32.2. The average Bonchev–Trinajstić information content (AvgIpc) is 2.94. The molecule has 0 saturated heterocycles. The molecule has 1 heterocycles. The summed E-state index contributed by atoms with van der Waals surface area (Å²) in [5.74, 6) is -1.69. The van der Waals surface area contributed by atoms with E-state index in [1.54, 1.807) is 6.92 Å². The number of nitro groups is 1. The molecule has 2 aromatic rings. The van der Waals surface area contributed by atoms with E-state index in [-0.39, 0.29) is 34.8 Å². The highest BCUT2D eigenvalue weighted by molar-refractivity contribution is 7.93. The van der Waals surface area contributed by atoms with E-state index in [0.29, 0.717) is 17.2 Å². The molecule has 1 aliphatic rings. The molecule has 0 aliphatic carbocycles. The second-order valence-electron chi connectivity index (χ2n) is 5.86. The van der Waals surface area contributed by atoms with Gasteiger partial charge in [-0.3, -0.25) is 14.4 Å². The number of non-ortho nitro benzene ring substituents is 1. The molecule has 0 amide bonds. The molecule has 0 saturated carbocycles. The standard InChI is InChI=1S/C16H14F2N2O4S/c1-9-5-12(20(21)22)8-16(10(9)2)25(23,24)19-4-3-13-14(18)6-11(17)7-15(13)19/h5-8H,3-4H2,1-2H3. The zero-order valence-electron chi connectivity index (χ0n) is 13.4. The Hall–Kier alpha value is -2.55. The number of hydrogen-bond donors (Lipinski definition) is 0. The van der Waals surface area contributed by atoms with Crippen LogP contribution in [-0.2, 0) is 16.4 Å². The number of sulfonamides is 1. The van der Waals surface area contributed by atoms with Crippen molar-refractivity contribution in [2.75, 3.05) is 10.8 Å². The van der Waals surface area contributed by atoms with Crippen LogP contribution in [0.15, 0.2) is 29.2 Å². The number of fused-ring (bicyclic) bond motifs is 1. The third-order valence-electron chi connectivity index (χ3n) is 4.35. The van der Waals surface area contributed by atoms with E-state index in [2.05, 4.69) is 0 Å². The van der Waals surface area contributed by atoms with Gasteiger partial charge in [0.05, 0.1) is 15.5 Å². The summed E-state index contributed by atoms with van der Waals surface area (Å²) < 4.78 is 54.4. The maximum absolute atomic E-state index is 13.9. The number of benzene rings is 2. The van der Waals surface area contributed by atoms with E-state index in [0.717, 1.165) is 16.4 Å². The fourth-order valence-corrected chi connectivity index (χ4v) is 4.75. The molecule has 0 radical (unpaired) electrons. The SMILES string of the molecule is Cc1cc([N+](=O)[O-])cc(S(=O)(=O)N2CCc3c(F)cc(F)cc32)c1C. The monoisotopic (exact) mass is 368 g/mol. The van der Waals surface area contributed by atoms with Gasteiger partial charge < -0.3 is 0 Å². The number of aryl methyl sites for hydroxylation is 1. The molecule has 0 atom stereocenters. The molecule has 0 bridgehead atoms. The predicted molar refractivity (Wildman–Crippen MR) is 87.2 cm³/mol. The van der Waals surface area contributed by atoms with Crippen LogP contribution in [0.25, 0.3) is 0 Å². The minimum Gasteiger partial charge on any atom is -0.265 e. The zero-order chi connectivity index (χ0) is 18.5. The first-order valence-electron chi connectivity index (χ1n) is 7.39. The summed E-state index contributed by atoms with van der Waals surface area (Å²) >= 11 is 0. The number of nitrogens with zero attached hydrogens (tertiary/aromatic N) is 2. The first-order chi connectivity index (χ1) is 11.6. The number of hydrogen-bond acceptors (Lipinski definition) is 4. The van der Waals surface area contributed by atoms with Crippen molar-refractivity contribution in [2.45, 2.75) is 25.2 Å². The van der Waals surface area contributed by atoms with E-state index >= 15 is 0 Å². The molecule has 25 heavy (non-hydrogen) atoms. The predicted octanol–water partition coefficient (Wildman–Crippen LogP) is 3.24. The van der Waals surface area contributed by atoms with E-state index in [1.807, 2.05) is 0 Å². The molecule has 0 spiro atoms. The lowest BCUT2D eigenvalue weighted by Crippen LogP contribution is -2.30. The molecule has 0 aromatic heterocycles. The largest absolute Gasteiger partial charge is 0.271 e. The van der Waals surface area contributed by atoms with Gasteiger partial charge in [-0.15, -0.1) is 0 Å². The molecule has 0 fully saturated rings. The van der Waals surface area contributed by atoms with E-state index in [1.165, 1.54) is 13.0 Å². The Balaban J connectivity index is 2.19. The molecule has 6 nitrogen and oxygen atoms in total. The van der Waals surface area contributed by atoms with Crippen molar-refractivity contribution in [2.24, 2.45) is 0 Å². The van der Waals surface area contributed by atoms with Crippen molar-refractivity contribution >= 4 is 21.4 Å². The van der Waals surface area contributed by atoms with Crippen LogP contribution < -0.4 is 4.31 Å². The topological polar surface area (TPSA) is 80.5 Å². The van der Waals surface area contributed by atoms with Gasteiger partial charge in [-0.25, -0.2) is 17.2 Å². The number of nitro benzene ring substituents is 1. The molecule has 9 heteroatoms. The molecule has 3 rings (SSSR count). The van der Waals surface area contributed by atoms with Crippen LogP contribution in [0.4, 0.5) is 20.2 Å². The Labute approximate surface area is 142 Å². The molecular weight excluding hydrogens is 354 g/mol. The average molecular weight is 368 g/mol. The van der Waals surface area contributed by atoms with Crippen LogP contribution in [0, 0.1) is 35.6 Å². The Morgan fingerprint density at radius 2 is 1.84 bits per heavy atom. The van der Waals surface area contributed by atoms with E-state index < -0.39 is 26.6 Å². The molecule has 0 unspecified atom stereocenters. The third kappa shape index (κ3) is 2.74. The maximum Gasteiger partial charge on any atom is 0.271 e. The molecule has 132 valence electrons. The summed E-state index contributed by atoms with van der Waals surface area (Å²) in [4.78, 5) is 10.1. The Bertz CT molecular complexity index is 1010. The fraction of sp³-hybridized carbons (Fsp3) is 0.250. The minimum absolute atomic E-state index is 0.0563. The molecule has 1 aliphatic heterocycles. The van der Waals surface area contributed by atoms with Crippen molar-refractivity contribution in [3.05, 3.63) is 62.7 Å². The van der Waals surface area contributed by atoms with Gasteiger partial charge in [-0.2, -0.15) is 0 Å². The second-order valence-corrected chi connectivity index (χ2v) is 7.69. The second kappa shape index (κ2) is 5.76. The van der Waals surface area contributed by atoms with Gasteiger partial charge in [-0.05, 0) is 37.5 Å². The van der Waals surface area contributed by atoms with Gasteiger partial charge in [0.1, 0.15) is 11.6 Å². The third-order valence-corrected chi connectivity index (χ3v) is 6.29. The highest BCUT2D eigenvalue weighted by Gasteiger charge is 2.35. The van der Waals surface area contributed by atoms with Crippen molar-refractivity contribution in [1.29, 1.82) is 0 Å². The van der Waals surface area contributed by atoms with Crippen LogP contribution in [-0.4, -0.2) is 19.9 Å². The first kappa shape index (κ1) is 17.3. The van der Waals surface area contributed by atoms with Crippen LogP contribution in [0.5, 0.6) is 0 Å². The summed E-state index contributed by atoms with van der Waals surface area (Å²) in [6.07, 6.45) is 0.105. The maximum atomic E-state index is 13.9. The van der Waals surface area contributed by atoms with Crippen LogP contribution in [0.2, 0.25) is 0 Å². The van der Waals surface area contributed by atoms with Gasteiger partial charge in [0, 0.05) is 30.3 Å². The Kier molecular flexibility index (Phi) is 3.98. The smallest absolute Gasteiger partial charge is 0.265 e. The normalized spacial score (nSPS) is 13.8. The first-order valence-corrected chi connectivity index (χ1v) is 8.83. The van der Waals surface area contributed by atoms with E-state index in [9.17, 15) is 27.3 Å². The summed E-state index contributed by atoms with van der Waals surface area (Å²) in [5.41, 5.74) is 0.492. The van der Waals surface area contributed by atoms with Gasteiger partial charge >= 0.3 is 0 Å².